The fourth-order valence-corrected chi connectivity index (χ4v) is 16.8. The molecule has 0 bridgehead atoms. The average molecular weight is 1840 g/mol. The molecule has 44 heteroatoms. The molecule has 0 saturated carbocycles. The molecule has 43 nitrogen and oxygen atoms in total. The number of fused-ring (bicyclic) bond motifs is 4. The minimum Gasteiger partial charge on any atom is -0.508 e. The van der Waals surface area contributed by atoms with Crippen LogP contribution in [-0.4, -0.2) is 316 Å². The van der Waals surface area contributed by atoms with Crippen molar-refractivity contribution in [3.63, 3.8) is 0 Å². The van der Waals surface area contributed by atoms with Crippen LogP contribution in [0.5, 0.6) is 5.75 Å². The fraction of sp³-hybridized carbons (Fsp3) is 0.506. The highest BCUT2D eigenvalue weighted by Crippen LogP contribution is 2.28. The van der Waals surface area contributed by atoms with Gasteiger partial charge in [-0.3, -0.25) is 86.3 Å². The maximum absolute atomic E-state index is 15.6. The molecule has 3 aliphatic heterocycles. The molecule has 0 spiro atoms. The molecule has 131 heavy (non-hydrogen) atoms. The Kier molecular flexibility index (Phi) is 36.9. The molecule has 3 aliphatic rings. The van der Waals surface area contributed by atoms with E-state index >= 15 is 33.6 Å². The van der Waals surface area contributed by atoms with Crippen molar-refractivity contribution in [1.82, 2.24) is 97.6 Å². The Balaban J connectivity index is 1.08. The number of hydrogen-bond acceptors (Lipinski definition) is 23. The van der Waals surface area contributed by atoms with Crippen molar-refractivity contribution in [3.8, 4) is 5.75 Å². The Morgan fingerprint density at radius 1 is 0.527 bits per heavy atom. The van der Waals surface area contributed by atoms with Crippen molar-refractivity contribution in [2.75, 3.05) is 58.9 Å². The molecule has 18 amide bonds. The van der Waals surface area contributed by atoms with Crippen LogP contribution >= 0.6 is 11.8 Å². The van der Waals surface area contributed by atoms with Crippen molar-refractivity contribution in [1.29, 1.82) is 0 Å². The second kappa shape index (κ2) is 47.7. The quantitative estimate of drug-likeness (QED) is 0.0291. The first-order chi connectivity index (χ1) is 62.4. The molecule has 9 rings (SSSR count). The van der Waals surface area contributed by atoms with Gasteiger partial charge >= 0.3 is 0 Å². The number of aromatic amines is 3. The van der Waals surface area contributed by atoms with E-state index in [0.717, 1.165) is 36.3 Å². The summed E-state index contributed by atoms with van der Waals surface area (Å²) in [5, 5.41) is 59.8. The number of thioether (sulfide) groups is 1. The van der Waals surface area contributed by atoms with Gasteiger partial charge < -0.3 is 125 Å². The minimum absolute atomic E-state index is 0.00270. The lowest BCUT2D eigenvalue weighted by atomic mass is 10.00. The number of primary amides is 3. The first-order valence-corrected chi connectivity index (χ1v) is 44.5. The van der Waals surface area contributed by atoms with Gasteiger partial charge in [-0.25, -0.2) is 4.98 Å². The zero-order valence-corrected chi connectivity index (χ0v) is 74.8. The lowest BCUT2D eigenvalue weighted by Gasteiger charge is -2.36. The number of H-pyrrole nitrogens is 3. The van der Waals surface area contributed by atoms with Crippen molar-refractivity contribution in [2.45, 2.75) is 221 Å². The molecule has 0 unspecified atom stereocenters. The number of phenolic OH excluding ortho intramolecular Hbond substituents is 1. The molecule has 22 N–H and O–H groups in total. The first-order valence-electron chi connectivity index (χ1n) is 43.4. The van der Waals surface area contributed by atoms with Crippen molar-refractivity contribution < 1.29 is 102 Å². The van der Waals surface area contributed by atoms with E-state index < -0.39 is 254 Å². The van der Waals surface area contributed by atoms with Crippen LogP contribution in [0.4, 0.5) is 0 Å². The number of aliphatic hydroxyl groups excluding tert-OH is 2. The largest absolute Gasteiger partial charge is 0.508 e. The zero-order valence-electron chi connectivity index (χ0n) is 74.0. The molecule has 0 radical (unpaired) electrons. The number of hydrogen-bond donors (Lipinski definition) is 19. The number of phenols is 1. The fourth-order valence-electron chi connectivity index (χ4n) is 16.0. The lowest BCUT2D eigenvalue weighted by molar-refractivity contribution is -0.149. The molecular weight excluding hydrogens is 1720 g/mol. The number of nitrogens with one attached hydrogen (secondary N) is 13. The molecule has 6 aromatic rings. The summed E-state index contributed by atoms with van der Waals surface area (Å²) >= 11 is 0.771. The number of benzene rings is 3. The molecule has 6 heterocycles. The van der Waals surface area contributed by atoms with Crippen LogP contribution < -0.4 is 70.4 Å². The number of unbranched alkanes of at least 4 members (excludes halogenated alkanes) is 2. The average Bonchev–Trinajstić information content (AvgIpc) is 1.62. The van der Waals surface area contributed by atoms with Crippen LogP contribution in [0.2, 0.25) is 0 Å². The van der Waals surface area contributed by atoms with Gasteiger partial charge in [-0.15, -0.1) is 11.8 Å². The number of nitrogens with zero attached hydrogens (tertiary/aromatic N) is 6. The van der Waals surface area contributed by atoms with Gasteiger partial charge in [0.15, 0.2) is 0 Å². The van der Waals surface area contributed by atoms with Gasteiger partial charge in [0, 0.05) is 125 Å². The third-order valence-corrected chi connectivity index (χ3v) is 24.5. The highest BCUT2D eigenvalue weighted by Gasteiger charge is 2.47. The summed E-state index contributed by atoms with van der Waals surface area (Å²) in [5.74, 6) is -18.6. The number of aliphatic hydroxyl groups is 2. The van der Waals surface area contributed by atoms with E-state index in [1.165, 1.54) is 71.8 Å². The summed E-state index contributed by atoms with van der Waals surface area (Å²) in [6.07, 6.45) is 2.44. The van der Waals surface area contributed by atoms with Gasteiger partial charge in [0.25, 0.3) is 0 Å². The standard InChI is InChI=1S/C87H118N22O21S/c1-8-10-21-66-80(123)96-46(3)74(117)104-65(76(119)94-40-72(90)115)43-131-44-73(116)97-61(31-48-24-26-52(111)27-25-48)83(126)105(5)47(4)75(118)101-63(36-71(89)114)86(129)108-30-16-23-67(108)81(124)100-60(34-51-39-91-45-95-51)78(121)98-58(28-29-70(88)113)85(128)109-41-53(112)35-69(109)82(125)99-59(32-49-37-92-56-19-14-12-17-54(49)56)77(120)103-64(42-110)79(122)102-62(33-50-38-93-57-20-15-13-18-55(50)57)84(127)107(7)68(22-11-9-2)87(130)106(66)6/h12-15,17-20,24-27,37-39,45-47,53,58-69,92-93,110-112H,8-11,16,21-23,28-36,40-44H2,1-7H3,(H2,88,113)(H2,89,114)(H2,90,115)(H,91,95)(H,94,119)(H,96,123)(H,97,116)(H,98,121)(H,99,125)(H,100,124)(H,101,118)(H,102,122)(H,103,120)(H,104,117)/t46-,47-,53+,58-,59-,60-,61-,62-,63-,64-,65-,66-,67-,68-,69-/m0/s1. The second-order valence-electron chi connectivity index (χ2n) is 33.0. The van der Waals surface area contributed by atoms with Gasteiger partial charge in [0.1, 0.15) is 90.3 Å². The van der Waals surface area contributed by atoms with E-state index in [2.05, 4.69) is 73.1 Å². The number of aromatic hydroxyl groups is 1. The Hall–Kier alpha value is -13.5. The number of carbonyl (C=O) groups excluding carboxylic acids is 18. The van der Waals surface area contributed by atoms with Gasteiger partial charge in [-0.05, 0) is 86.9 Å². The molecule has 3 saturated heterocycles. The summed E-state index contributed by atoms with van der Waals surface area (Å²) in [6, 6.07) is -2.81. The van der Waals surface area contributed by atoms with E-state index in [0.29, 0.717) is 64.2 Å². The number of nitrogens with two attached hydrogens (primary N) is 3. The number of aromatic nitrogens is 4. The predicted molar refractivity (Wildman–Crippen MR) is 475 cm³/mol. The van der Waals surface area contributed by atoms with Gasteiger partial charge in [0.2, 0.25) is 106 Å². The molecule has 3 aromatic carbocycles. The summed E-state index contributed by atoms with van der Waals surface area (Å²) < 4.78 is 0. The van der Waals surface area contributed by atoms with Crippen LogP contribution in [0.1, 0.15) is 127 Å². The molecule has 3 fully saturated rings. The number of likely N-dealkylation sites (N-methyl/N-ethyl adjacent to an activating group) is 3. The number of carbonyl (C=O) groups is 18. The molecule has 708 valence electrons. The molecule has 0 aliphatic carbocycles. The Bertz CT molecular complexity index is 5130. The topological polar surface area (TPSA) is 643 Å². The van der Waals surface area contributed by atoms with E-state index in [-0.39, 0.29) is 69.4 Å². The minimum atomic E-state index is -1.91. The van der Waals surface area contributed by atoms with E-state index in [1.807, 2.05) is 13.8 Å². The molecule has 3 aromatic heterocycles. The maximum atomic E-state index is 15.6. The summed E-state index contributed by atoms with van der Waals surface area (Å²) in [4.78, 5) is 279. The van der Waals surface area contributed by atoms with Crippen LogP contribution in [-0.2, 0) is 112 Å². The second-order valence-corrected chi connectivity index (χ2v) is 34.1. The Morgan fingerprint density at radius 3 is 1.66 bits per heavy atom. The van der Waals surface area contributed by atoms with Crippen LogP contribution in [0.25, 0.3) is 21.8 Å². The van der Waals surface area contributed by atoms with Crippen LogP contribution in [0.3, 0.4) is 0 Å². The van der Waals surface area contributed by atoms with E-state index in [4.69, 9.17) is 17.2 Å². The summed E-state index contributed by atoms with van der Waals surface area (Å²) in [5.41, 5.74) is 19.6. The van der Waals surface area contributed by atoms with Crippen molar-refractivity contribution >= 4 is 140 Å². The number of amides is 18. The SMILES string of the molecule is CCCC[C@H]1C(=O)N(C)[C@@H](CCCC)C(=O)N[C@@H](C)C(=O)N[C@H](C(=O)NCC(N)=O)CSCC(=O)N[C@@H](Cc2ccc(O)cc2)C(=O)N(C)[C@@H](C)C(=O)N[C@@H](CC(N)=O)C(=O)N2CCC[C@H]2C(=O)N[C@@H](Cc2cnc[nH]2)C(=O)N[C@@H](CCC(N)=O)C(=O)N2C[C@H](O)C[C@H]2C(=O)N[C@@H](Cc2c[nH]c3ccccc23)C(=O)N[C@@H](CO)C(=O)N[C@@H](Cc2c[nH]c3ccccc23)C(=O)N1C. The zero-order chi connectivity index (χ0) is 95.6. The van der Waals surface area contributed by atoms with Crippen molar-refractivity contribution in [2.24, 2.45) is 17.2 Å². The number of imidazole rings is 1. The highest BCUT2D eigenvalue weighted by molar-refractivity contribution is 8.00. The van der Waals surface area contributed by atoms with Gasteiger partial charge in [0.05, 0.1) is 37.8 Å². The van der Waals surface area contributed by atoms with Crippen LogP contribution in [0, 0.1) is 0 Å². The molecular formula is C87H118N22O21S. The summed E-state index contributed by atoms with van der Waals surface area (Å²) in [7, 11) is 3.88. The predicted octanol–water partition coefficient (Wildman–Crippen LogP) is -3.95. The Morgan fingerprint density at radius 2 is 1.07 bits per heavy atom. The Labute approximate surface area is 758 Å². The van der Waals surface area contributed by atoms with E-state index in [9.17, 15) is 68.1 Å². The first kappa shape index (κ1) is 101. The third kappa shape index (κ3) is 27.5. The number of para-hydroxylation sites is 2. The monoisotopic (exact) mass is 1840 g/mol. The van der Waals surface area contributed by atoms with Gasteiger partial charge in [-0.2, -0.15) is 0 Å². The smallest absolute Gasteiger partial charge is 0.246 e. The van der Waals surface area contributed by atoms with E-state index in [1.54, 1.807) is 60.9 Å². The highest BCUT2D eigenvalue weighted by atomic mass is 32.2. The van der Waals surface area contributed by atoms with Gasteiger partial charge in [-0.1, -0.05) is 88.1 Å². The maximum Gasteiger partial charge on any atom is 0.246 e. The number of rotatable bonds is 23. The summed E-state index contributed by atoms with van der Waals surface area (Å²) in [6.45, 7) is 3.67. The normalized spacial score (nSPS) is 25.1. The van der Waals surface area contributed by atoms with Crippen molar-refractivity contribution in [3.05, 3.63) is 120 Å². The lowest BCUT2D eigenvalue weighted by Crippen LogP contribution is -2.61. The molecule has 15 atom stereocenters. The third-order valence-electron chi connectivity index (χ3n) is 23.4. The van der Waals surface area contributed by atoms with Crippen LogP contribution in [0.15, 0.2) is 97.7 Å².